The van der Waals surface area contributed by atoms with Crippen molar-refractivity contribution in [3.63, 3.8) is 0 Å². The summed E-state index contributed by atoms with van der Waals surface area (Å²) in [4.78, 5) is 4.55. The summed E-state index contributed by atoms with van der Waals surface area (Å²) in [7, 11) is 1.51. The van der Waals surface area contributed by atoms with Gasteiger partial charge in [-0.15, -0.1) is 0 Å². The fourth-order valence-electron chi connectivity index (χ4n) is 2.04. The molecule has 0 saturated heterocycles. The van der Waals surface area contributed by atoms with Crippen LogP contribution in [0.1, 0.15) is 24.5 Å². The third-order valence-electron chi connectivity index (χ3n) is 3.07. The van der Waals surface area contributed by atoms with Crippen LogP contribution in [0.4, 0.5) is 0 Å². The number of oxime groups is 1. The van der Waals surface area contributed by atoms with Crippen molar-refractivity contribution in [2.75, 3.05) is 33.5 Å². The van der Waals surface area contributed by atoms with Crippen LogP contribution in [-0.2, 0) is 9.57 Å². The zero-order valence-corrected chi connectivity index (χ0v) is 14.5. The highest BCUT2D eigenvalue weighted by Gasteiger charge is 2.07. The first kappa shape index (κ1) is 19.0. The molecule has 0 unspecified atom stereocenters. The van der Waals surface area contributed by atoms with Crippen molar-refractivity contribution in [3.8, 4) is 11.5 Å². The van der Waals surface area contributed by atoms with Gasteiger partial charge in [0.1, 0.15) is 25.2 Å². The largest absolute Gasteiger partial charge is 0.493 e. The molecule has 0 bridgehead atoms. The molecule has 5 heteroatoms. The molecule has 0 aliphatic heterocycles. The first-order valence-electron chi connectivity index (χ1n) is 7.79. The third-order valence-corrected chi connectivity index (χ3v) is 3.07. The smallest absolute Gasteiger partial charge is 0.125 e. The Morgan fingerprint density at radius 1 is 1.04 bits per heavy atom. The number of hydrogen-bond donors (Lipinski definition) is 0. The number of hydrogen-bond acceptors (Lipinski definition) is 5. The lowest BCUT2D eigenvalue weighted by Gasteiger charge is -2.14. The molecule has 0 aliphatic rings. The number of benzene rings is 1. The lowest BCUT2D eigenvalue weighted by atomic mass is 10.1. The molecule has 0 radical (unpaired) electrons. The Balaban J connectivity index is 2.37. The first-order valence-corrected chi connectivity index (χ1v) is 7.79. The van der Waals surface area contributed by atoms with Gasteiger partial charge in [-0.3, -0.25) is 0 Å². The molecule has 128 valence electrons. The Bertz CT molecular complexity index is 489. The maximum Gasteiger partial charge on any atom is 0.125 e. The summed E-state index contributed by atoms with van der Waals surface area (Å²) in [5.41, 5.74) is 2.15. The van der Waals surface area contributed by atoms with Crippen LogP contribution < -0.4 is 9.47 Å². The molecule has 0 fully saturated rings. The van der Waals surface area contributed by atoms with Crippen molar-refractivity contribution in [3.05, 3.63) is 35.4 Å². The van der Waals surface area contributed by atoms with Crippen LogP contribution in [0.3, 0.4) is 0 Å². The van der Waals surface area contributed by atoms with E-state index < -0.39 is 0 Å². The van der Waals surface area contributed by atoms with Gasteiger partial charge in [0.15, 0.2) is 0 Å². The minimum atomic E-state index is 0.449. The van der Waals surface area contributed by atoms with E-state index in [2.05, 4.69) is 9.99 Å². The molecule has 0 spiro atoms. The molecule has 0 atom stereocenters. The summed E-state index contributed by atoms with van der Waals surface area (Å²) >= 11 is 0. The van der Waals surface area contributed by atoms with Gasteiger partial charge >= 0.3 is 0 Å². The summed E-state index contributed by atoms with van der Waals surface area (Å²) in [6.45, 7) is 8.31. The Labute approximate surface area is 138 Å². The van der Waals surface area contributed by atoms with E-state index in [0.717, 1.165) is 29.0 Å². The van der Waals surface area contributed by atoms with Crippen LogP contribution in [0.15, 0.2) is 29.4 Å². The van der Waals surface area contributed by atoms with E-state index in [0.29, 0.717) is 26.4 Å². The van der Waals surface area contributed by atoms with E-state index in [4.69, 9.17) is 14.2 Å². The topological polar surface area (TPSA) is 49.3 Å². The van der Waals surface area contributed by atoms with Gasteiger partial charge in [-0.2, -0.15) is 0 Å². The van der Waals surface area contributed by atoms with Gasteiger partial charge in [0.05, 0.1) is 26.0 Å². The molecule has 0 saturated carbocycles. The second-order valence-corrected chi connectivity index (χ2v) is 5.01. The SMILES string of the molecule is C/C=C/COc1cc(C)c(OCCCOC/C=N/OC)c(C)c1. The molecule has 0 heterocycles. The molecule has 23 heavy (non-hydrogen) atoms. The van der Waals surface area contributed by atoms with E-state index in [9.17, 15) is 0 Å². The molecule has 0 aliphatic carbocycles. The zero-order valence-electron chi connectivity index (χ0n) is 14.5. The lowest BCUT2D eigenvalue weighted by Crippen LogP contribution is -2.06. The Hall–Kier alpha value is -2.01. The van der Waals surface area contributed by atoms with E-state index in [1.165, 1.54) is 7.11 Å². The van der Waals surface area contributed by atoms with Crippen LogP contribution >= 0.6 is 0 Å². The van der Waals surface area contributed by atoms with Crippen molar-refractivity contribution < 1.29 is 19.0 Å². The number of ether oxygens (including phenoxy) is 3. The third kappa shape index (κ3) is 7.70. The monoisotopic (exact) mass is 321 g/mol. The molecule has 1 aromatic rings. The predicted octanol–water partition coefficient (Wildman–Crippen LogP) is 3.68. The van der Waals surface area contributed by atoms with Crippen molar-refractivity contribution in [1.29, 1.82) is 0 Å². The van der Waals surface area contributed by atoms with Crippen LogP contribution in [0, 0.1) is 13.8 Å². The fourth-order valence-corrected chi connectivity index (χ4v) is 2.04. The molecule has 5 nitrogen and oxygen atoms in total. The van der Waals surface area contributed by atoms with Gasteiger partial charge in [0, 0.05) is 6.42 Å². The predicted molar refractivity (Wildman–Crippen MR) is 92.7 cm³/mol. The summed E-state index contributed by atoms with van der Waals surface area (Å²) < 4.78 is 16.9. The first-order chi connectivity index (χ1) is 11.2. The average molecular weight is 321 g/mol. The highest BCUT2D eigenvalue weighted by molar-refractivity contribution is 5.57. The van der Waals surface area contributed by atoms with E-state index >= 15 is 0 Å². The second kappa shape index (κ2) is 11.5. The average Bonchev–Trinajstić information content (AvgIpc) is 2.52. The van der Waals surface area contributed by atoms with Crippen molar-refractivity contribution in [1.82, 2.24) is 0 Å². The molecule has 0 amide bonds. The van der Waals surface area contributed by atoms with Gasteiger partial charge in [0.2, 0.25) is 0 Å². The molecule has 1 aromatic carbocycles. The molecule has 1 rings (SSSR count). The zero-order chi connectivity index (χ0) is 16.9. The molecule has 0 N–H and O–H groups in total. The van der Waals surface area contributed by atoms with Gasteiger partial charge in [-0.05, 0) is 44.0 Å². The fraction of sp³-hybridized carbons (Fsp3) is 0.500. The van der Waals surface area contributed by atoms with Crippen LogP contribution in [0.2, 0.25) is 0 Å². The lowest BCUT2D eigenvalue weighted by molar-refractivity contribution is 0.148. The number of allylic oxidation sites excluding steroid dienone is 1. The number of rotatable bonds is 11. The number of nitrogens with zero attached hydrogens (tertiary/aromatic N) is 1. The van der Waals surface area contributed by atoms with Gasteiger partial charge < -0.3 is 19.0 Å². The normalized spacial score (nSPS) is 11.3. The molecular weight excluding hydrogens is 294 g/mol. The maximum absolute atomic E-state index is 5.87. The quantitative estimate of drug-likeness (QED) is 0.270. The van der Waals surface area contributed by atoms with Crippen molar-refractivity contribution >= 4 is 6.21 Å². The highest BCUT2D eigenvalue weighted by atomic mass is 16.6. The van der Waals surface area contributed by atoms with Gasteiger partial charge in [-0.25, -0.2) is 0 Å². The van der Waals surface area contributed by atoms with Crippen molar-refractivity contribution in [2.24, 2.45) is 5.16 Å². The maximum atomic E-state index is 5.87. The van der Waals surface area contributed by atoms with E-state index in [-0.39, 0.29) is 0 Å². The van der Waals surface area contributed by atoms with Crippen molar-refractivity contribution in [2.45, 2.75) is 27.2 Å². The summed E-state index contributed by atoms with van der Waals surface area (Å²) in [6.07, 6.45) is 6.35. The second-order valence-electron chi connectivity index (χ2n) is 5.01. The Morgan fingerprint density at radius 2 is 1.78 bits per heavy atom. The Kier molecular flexibility index (Phi) is 9.55. The van der Waals surface area contributed by atoms with Crippen LogP contribution in [-0.4, -0.2) is 39.8 Å². The van der Waals surface area contributed by atoms with E-state index in [1.54, 1.807) is 6.21 Å². The van der Waals surface area contributed by atoms with Crippen LogP contribution in [0.25, 0.3) is 0 Å². The van der Waals surface area contributed by atoms with Crippen LogP contribution in [0.5, 0.6) is 11.5 Å². The summed E-state index contributed by atoms with van der Waals surface area (Å²) in [6, 6.07) is 4.01. The molecule has 0 aromatic heterocycles. The van der Waals surface area contributed by atoms with Gasteiger partial charge in [-0.1, -0.05) is 17.3 Å². The minimum Gasteiger partial charge on any atom is -0.493 e. The molecular formula is C18H27NO4. The summed E-state index contributed by atoms with van der Waals surface area (Å²) in [5.74, 6) is 1.79. The minimum absolute atomic E-state index is 0.449. The summed E-state index contributed by atoms with van der Waals surface area (Å²) in [5, 5.41) is 3.60. The standard InChI is InChI=1S/C18H27NO4/c1-5-6-10-22-17-13-15(2)18(16(3)14-17)23-11-7-9-21-12-8-19-20-4/h5-6,8,13-14H,7,9-12H2,1-4H3/b6-5+,19-8+. The van der Waals surface area contributed by atoms with E-state index in [1.807, 2.05) is 45.1 Å². The van der Waals surface area contributed by atoms with Gasteiger partial charge in [0.25, 0.3) is 0 Å². The Morgan fingerprint density at radius 3 is 2.43 bits per heavy atom. The number of aryl methyl sites for hydroxylation is 2. The highest BCUT2D eigenvalue weighted by Crippen LogP contribution is 2.28.